The predicted molar refractivity (Wildman–Crippen MR) is 73.0 cm³/mol. The summed E-state index contributed by atoms with van der Waals surface area (Å²) in [6, 6.07) is 8.29. The van der Waals surface area contributed by atoms with Crippen LogP contribution in [-0.2, 0) is 14.9 Å². The van der Waals surface area contributed by atoms with Gasteiger partial charge in [-0.1, -0.05) is 12.1 Å². The standard InChI is InChI=1S/C15H18N2O2/c1-10(2)17-12-7-5-4-6-11(12)16-13(17)15(8-9-15)14(18)19-3/h4-7,10H,8-9H2,1-3H3. The number of hydrogen-bond acceptors (Lipinski definition) is 3. The van der Waals surface area contributed by atoms with E-state index in [1.54, 1.807) is 0 Å². The maximum Gasteiger partial charge on any atom is 0.319 e. The van der Waals surface area contributed by atoms with E-state index in [1.807, 2.05) is 18.2 Å². The molecular formula is C15H18N2O2. The third kappa shape index (κ3) is 1.66. The maximum absolute atomic E-state index is 12.1. The zero-order chi connectivity index (χ0) is 13.6. The third-order valence-corrected chi connectivity index (χ3v) is 3.87. The van der Waals surface area contributed by atoms with Crippen molar-refractivity contribution in [2.75, 3.05) is 7.11 Å². The number of rotatable bonds is 3. The molecule has 1 aromatic carbocycles. The lowest BCUT2D eigenvalue weighted by Gasteiger charge is -2.18. The first-order valence-electron chi connectivity index (χ1n) is 6.66. The minimum atomic E-state index is -0.516. The van der Waals surface area contributed by atoms with Crippen molar-refractivity contribution in [1.82, 2.24) is 9.55 Å². The van der Waals surface area contributed by atoms with Crippen LogP contribution in [0.5, 0.6) is 0 Å². The smallest absolute Gasteiger partial charge is 0.319 e. The average molecular weight is 258 g/mol. The molecule has 1 aliphatic carbocycles. The highest BCUT2D eigenvalue weighted by atomic mass is 16.5. The molecule has 0 unspecified atom stereocenters. The monoisotopic (exact) mass is 258 g/mol. The predicted octanol–water partition coefficient (Wildman–Crippen LogP) is 2.82. The number of carbonyl (C=O) groups is 1. The van der Waals surface area contributed by atoms with Gasteiger partial charge in [-0.3, -0.25) is 4.79 Å². The van der Waals surface area contributed by atoms with Crippen LogP contribution in [0.2, 0.25) is 0 Å². The highest BCUT2D eigenvalue weighted by Crippen LogP contribution is 2.49. The summed E-state index contributed by atoms with van der Waals surface area (Å²) in [5.41, 5.74) is 1.52. The molecular weight excluding hydrogens is 240 g/mol. The van der Waals surface area contributed by atoms with Crippen LogP contribution in [0.3, 0.4) is 0 Å². The zero-order valence-corrected chi connectivity index (χ0v) is 11.5. The van der Waals surface area contributed by atoms with Gasteiger partial charge in [0.25, 0.3) is 0 Å². The van der Waals surface area contributed by atoms with Crippen molar-refractivity contribution >= 4 is 17.0 Å². The van der Waals surface area contributed by atoms with Crippen LogP contribution in [0.25, 0.3) is 11.0 Å². The summed E-state index contributed by atoms with van der Waals surface area (Å²) in [5.74, 6) is 0.695. The summed E-state index contributed by atoms with van der Waals surface area (Å²) in [6.07, 6.45) is 1.66. The summed E-state index contributed by atoms with van der Waals surface area (Å²) >= 11 is 0. The van der Waals surface area contributed by atoms with Crippen LogP contribution in [0.15, 0.2) is 24.3 Å². The summed E-state index contributed by atoms with van der Waals surface area (Å²) in [6.45, 7) is 4.23. The van der Waals surface area contributed by atoms with Gasteiger partial charge in [-0.15, -0.1) is 0 Å². The second-order valence-corrected chi connectivity index (χ2v) is 5.46. The topological polar surface area (TPSA) is 44.1 Å². The lowest BCUT2D eigenvalue weighted by molar-refractivity contribution is -0.144. The number of ether oxygens (including phenoxy) is 1. The Morgan fingerprint density at radius 1 is 1.37 bits per heavy atom. The van der Waals surface area contributed by atoms with E-state index < -0.39 is 5.41 Å². The normalized spacial score (nSPS) is 16.8. The second kappa shape index (κ2) is 4.08. The first-order chi connectivity index (χ1) is 9.10. The van der Waals surface area contributed by atoms with E-state index in [2.05, 4.69) is 24.5 Å². The summed E-state index contributed by atoms with van der Waals surface area (Å²) in [4.78, 5) is 16.8. The number of methoxy groups -OCH3 is 1. The van der Waals surface area contributed by atoms with Crippen LogP contribution < -0.4 is 0 Å². The first-order valence-corrected chi connectivity index (χ1v) is 6.66. The van der Waals surface area contributed by atoms with Gasteiger partial charge in [0.2, 0.25) is 0 Å². The Morgan fingerprint density at radius 2 is 2.05 bits per heavy atom. The minimum Gasteiger partial charge on any atom is -0.468 e. The first kappa shape index (κ1) is 12.2. The van der Waals surface area contributed by atoms with Crippen LogP contribution in [0, 0.1) is 0 Å². The van der Waals surface area contributed by atoms with Gasteiger partial charge in [0, 0.05) is 6.04 Å². The number of nitrogens with zero attached hydrogens (tertiary/aromatic N) is 2. The van der Waals surface area contributed by atoms with Crippen LogP contribution in [0.1, 0.15) is 38.6 Å². The molecule has 0 spiro atoms. The van der Waals surface area contributed by atoms with Crippen LogP contribution in [-0.4, -0.2) is 22.6 Å². The second-order valence-electron chi connectivity index (χ2n) is 5.46. The lowest BCUT2D eigenvalue weighted by Crippen LogP contribution is -2.26. The molecule has 3 rings (SSSR count). The molecule has 0 N–H and O–H groups in total. The van der Waals surface area contributed by atoms with Gasteiger partial charge >= 0.3 is 5.97 Å². The largest absolute Gasteiger partial charge is 0.468 e. The quantitative estimate of drug-likeness (QED) is 0.795. The molecule has 1 fully saturated rings. The fraction of sp³-hybridized carbons (Fsp3) is 0.467. The van der Waals surface area contributed by atoms with Gasteiger partial charge in [0.15, 0.2) is 0 Å². The van der Waals surface area contributed by atoms with E-state index in [0.29, 0.717) is 0 Å². The number of fused-ring (bicyclic) bond motifs is 1. The molecule has 4 nitrogen and oxygen atoms in total. The van der Waals surface area contributed by atoms with E-state index in [0.717, 1.165) is 29.7 Å². The van der Waals surface area contributed by atoms with Crippen molar-refractivity contribution in [2.45, 2.75) is 38.1 Å². The van der Waals surface area contributed by atoms with E-state index in [4.69, 9.17) is 9.72 Å². The highest BCUT2D eigenvalue weighted by molar-refractivity contribution is 5.87. The van der Waals surface area contributed by atoms with E-state index in [9.17, 15) is 4.79 Å². The van der Waals surface area contributed by atoms with E-state index in [-0.39, 0.29) is 12.0 Å². The maximum atomic E-state index is 12.1. The Kier molecular flexibility index (Phi) is 2.62. The number of hydrogen-bond donors (Lipinski definition) is 0. The van der Waals surface area contributed by atoms with Gasteiger partial charge in [-0.25, -0.2) is 4.98 Å². The molecule has 0 saturated heterocycles. The molecule has 0 aliphatic heterocycles. The molecule has 19 heavy (non-hydrogen) atoms. The lowest BCUT2D eigenvalue weighted by atomic mass is 10.1. The Balaban J connectivity index is 2.24. The third-order valence-electron chi connectivity index (χ3n) is 3.87. The van der Waals surface area contributed by atoms with Crippen LogP contribution in [0.4, 0.5) is 0 Å². The molecule has 0 bridgehead atoms. The number of carbonyl (C=O) groups excluding carboxylic acids is 1. The van der Waals surface area contributed by atoms with Gasteiger partial charge in [-0.2, -0.15) is 0 Å². The van der Waals surface area contributed by atoms with Crippen molar-refractivity contribution in [2.24, 2.45) is 0 Å². The van der Waals surface area contributed by atoms with Crippen molar-refractivity contribution in [3.8, 4) is 0 Å². The van der Waals surface area contributed by atoms with E-state index in [1.165, 1.54) is 7.11 Å². The van der Waals surface area contributed by atoms with E-state index >= 15 is 0 Å². The molecule has 0 atom stereocenters. The summed E-state index contributed by atoms with van der Waals surface area (Å²) in [7, 11) is 1.45. The highest BCUT2D eigenvalue weighted by Gasteiger charge is 2.56. The number of para-hydroxylation sites is 2. The fourth-order valence-electron chi connectivity index (χ4n) is 2.74. The minimum absolute atomic E-state index is 0.162. The Morgan fingerprint density at radius 3 is 2.63 bits per heavy atom. The number of esters is 1. The fourth-order valence-corrected chi connectivity index (χ4v) is 2.74. The molecule has 1 heterocycles. The molecule has 1 saturated carbocycles. The van der Waals surface area contributed by atoms with Gasteiger partial charge in [-0.05, 0) is 38.8 Å². The van der Waals surface area contributed by atoms with Crippen molar-refractivity contribution in [3.05, 3.63) is 30.1 Å². The van der Waals surface area contributed by atoms with Gasteiger partial charge < -0.3 is 9.30 Å². The van der Waals surface area contributed by atoms with Gasteiger partial charge in [0.05, 0.1) is 18.1 Å². The Labute approximate surface area is 112 Å². The molecule has 1 aliphatic rings. The van der Waals surface area contributed by atoms with Crippen molar-refractivity contribution in [1.29, 1.82) is 0 Å². The molecule has 4 heteroatoms. The molecule has 100 valence electrons. The Bertz CT molecular complexity index is 639. The van der Waals surface area contributed by atoms with Crippen molar-refractivity contribution < 1.29 is 9.53 Å². The van der Waals surface area contributed by atoms with Crippen molar-refractivity contribution in [3.63, 3.8) is 0 Å². The number of aromatic nitrogens is 2. The van der Waals surface area contributed by atoms with Crippen LogP contribution >= 0.6 is 0 Å². The molecule has 2 aromatic rings. The average Bonchev–Trinajstić information content (AvgIpc) is 3.12. The zero-order valence-electron chi connectivity index (χ0n) is 11.5. The number of benzene rings is 1. The Hall–Kier alpha value is -1.84. The summed E-state index contributed by atoms with van der Waals surface area (Å²) in [5, 5.41) is 0. The molecule has 0 amide bonds. The number of imidazole rings is 1. The van der Waals surface area contributed by atoms with Gasteiger partial charge in [0.1, 0.15) is 11.2 Å². The molecule has 0 radical (unpaired) electrons. The summed E-state index contributed by atoms with van der Waals surface area (Å²) < 4.78 is 7.14. The molecule has 1 aromatic heterocycles. The SMILES string of the molecule is COC(=O)C1(c2nc3ccccc3n2C(C)C)CC1.